The van der Waals surface area contributed by atoms with Crippen LogP contribution in [0.15, 0.2) is 0 Å². The number of ether oxygens (including phenoxy) is 1. The summed E-state index contributed by atoms with van der Waals surface area (Å²) in [7, 11) is 0. The van der Waals surface area contributed by atoms with Crippen molar-refractivity contribution >= 4 is 11.8 Å². The van der Waals surface area contributed by atoms with Crippen LogP contribution < -0.4 is 5.32 Å². The van der Waals surface area contributed by atoms with Gasteiger partial charge in [-0.1, -0.05) is 20.8 Å². The monoisotopic (exact) mass is 362 g/mol. The second-order valence-corrected chi connectivity index (χ2v) is 10.9. The molecule has 0 unspecified atom stereocenters. The number of carbonyl (C=O) groups excluding carboxylic acids is 2. The molecule has 5 heteroatoms. The minimum Gasteiger partial charge on any atom is -0.378 e. The van der Waals surface area contributed by atoms with Crippen molar-refractivity contribution in [1.29, 1.82) is 0 Å². The lowest BCUT2D eigenvalue weighted by Crippen LogP contribution is -2.64. The Morgan fingerprint density at radius 3 is 1.81 bits per heavy atom. The van der Waals surface area contributed by atoms with Gasteiger partial charge in [0.05, 0.1) is 18.6 Å². The lowest BCUT2D eigenvalue weighted by molar-refractivity contribution is -0.192. The average molecular weight is 363 g/mol. The third kappa shape index (κ3) is 2.96. The third-order valence-electron chi connectivity index (χ3n) is 7.38. The molecular weight excluding hydrogens is 328 g/mol. The van der Waals surface area contributed by atoms with Crippen LogP contribution in [0.4, 0.5) is 0 Å². The van der Waals surface area contributed by atoms with Crippen molar-refractivity contribution in [3.8, 4) is 0 Å². The third-order valence-corrected chi connectivity index (χ3v) is 7.38. The van der Waals surface area contributed by atoms with Gasteiger partial charge in [0, 0.05) is 13.1 Å². The fourth-order valence-corrected chi connectivity index (χ4v) is 8.00. The molecular formula is C21H34N2O3. The molecule has 1 aliphatic heterocycles. The fourth-order valence-electron chi connectivity index (χ4n) is 8.00. The standard InChI is InChI=1S/C21H34N2O3/c1-15(16(24)23-5-7-26-8-6-23)22-17(25)21-12-18(2)9-19(3,13-21)11-20(4,10-18)14-21/h15H,5-14H2,1-4H3,(H,22,25)/t15-,18?,19?,20?,21?/m0/s1. The van der Waals surface area contributed by atoms with Gasteiger partial charge < -0.3 is 15.0 Å². The van der Waals surface area contributed by atoms with Gasteiger partial charge in [-0.15, -0.1) is 0 Å². The zero-order valence-corrected chi connectivity index (χ0v) is 16.8. The van der Waals surface area contributed by atoms with E-state index >= 15 is 0 Å². The van der Waals surface area contributed by atoms with E-state index in [0.717, 1.165) is 19.3 Å². The molecule has 0 aromatic carbocycles. The van der Waals surface area contributed by atoms with Crippen LogP contribution in [-0.4, -0.2) is 49.1 Å². The summed E-state index contributed by atoms with van der Waals surface area (Å²) < 4.78 is 5.33. The summed E-state index contributed by atoms with van der Waals surface area (Å²) in [5, 5.41) is 3.11. The molecule has 4 bridgehead atoms. The van der Waals surface area contributed by atoms with Crippen LogP contribution in [0.1, 0.15) is 66.2 Å². The van der Waals surface area contributed by atoms with Gasteiger partial charge >= 0.3 is 0 Å². The SMILES string of the molecule is C[C@H](NC(=O)C12CC3(C)CC(C)(CC(C)(C3)C1)C2)C(=O)N1CCOCC1. The van der Waals surface area contributed by atoms with Gasteiger partial charge in [-0.3, -0.25) is 9.59 Å². The highest BCUT2D eigenvalue weighted by molar-refractivity contribution is 5.90. The molecule has 5 aliphatic rings. The zero-order valence-electron chi connectivity index (χ0n) is 16.8. The molecule has 26 heavy (non-hydrogen) atoms. The van der Waals surface area contributed by atoms with E-state index in [4.69, 9.17) is 4.74 Å². The highest BCUT2D eigenvalue weighted by Crippen LogP contribution is 2.73. The lowest BCUT2D eigenvalue weighted by atomic mass is 9.36. The van der Waals surface area contributed by atoms with Gasteiger partial charge in [0.2, 0.25) is 11.8 Å². The number of amides is 2. The fraction of sp³-hybridized carbons (Fsp3) is 0.905. The first-order valence-electron chi connectivity index (χ1n) is 10.2. The van der Waals surface area contributed by atoms with Crippen LogP contribution in [-0.2, 0) is 14.3 Å². The first-order chi connectivity index (χ1) is 12.1. The van der Waals surface area contributed by atoms with Gasteiger partial charge in [-0.2, -0.15) is 0 Å². The van der Waals surface area contributed by atoms with Gasteiger partial charge in [-0.25, -0.2) is 0 Å². The first-order valence-corrected chi connectivity index (χ1v) is 10.2. The molecule has 0 spiro atoms. The molecule has 2 amide bonds. The molecule has 5 nitrogen and oxygen atoms in total. The number of nitrogens with zero attached hydrogens (tertiary/aromatic N) is 1. The van der Waals surface area contributed by atoms with Gasteiger partial charge in [0.15, 0.2) is 0 Å². The Hall–Kier alpha value is -1.10. The Balaban J connectivity index is 1.50. The summed E-state index contributed by atoms with van der Waals surface area (Å²) in [6.45, 7) is 11.4. The van der Waals surface area contributed by atoms with Crippen LogP contribution in [0.2, 0.25) is 0 Å². The van der Waals surface area contributed by atoms with Crippen LogP contribution in [0, 0.1) is 21.7 Å². The van der Waals surface area contributed by atoms with E-state index in [1.807, 2.05) is 11.8 Å². The first kappa shape index (κ1) is 18.3. The molecule has 5 rings (SSSR count). The van der Waals surface area contributed by atoms with Crippen molar-refractivity contribution in [3.05, 3.63) is 0 Å². The number of rotatable bonds is 3. The summed E-state index contributed by atoms with van der Waals surface area (Å²) in [4.78, 5) is 27.9. The highest BCUT2D eigenvalue weighted by Gasteiger charge is 2.66. The Kier molecular flexibility index (Phi) is 4.00. The van der Waals surface area contributed by atoms with Crippen molar-refractivity contribution in [3.63, 3.8) is 0 Å². The molecule has 1 heterocycles. The summed E-state index contributed by atoms with van der Waals surface area (Å²) >= 11 is 0. The average Bonchev–Trinajstić information content (AvgIpc) is 2.50. The van der Waals surface area contributed by atoms with Gasteiger partial charge in [0.1, 0.15) is 6.04 Å². The lowest BCUT2D eigenvalue weighted by Gasteiger charge is -2.68. The van der Waals surface area contributed by atoms with Crippen molar-refractivity contribution < 1.29 is 14.3 Å². The topological polar surface area (TPSA) is 58.6 Å². The van der Waals surface area contributed by atoms with Crippen molar-refractivity contribution in [2.75, 3.05) is 26.3 Å². The minimum absolute atomic E-state index is 0.0232. The Labute approximate surface area is 157 Å². The maximum atomic E-state index is 13.4. The van der Waals surface area contributed by atoms with E-state index < -0.39 is 6.04 Å². The molecule has 5 fully saturated rings. The summed E-state index contributed by atoms with van der Waals surface area (Å²) in [5.41, 5.74) is 0.527. The minimum atomic E-state index is -0.456. The van der Waals surface area contributed by atoms with E-state index in [-0.39, 0.29) is 33.5 Å². The van der Waals surface area contributed by atoms with Crippen LogP contribution >= 0.6 is 0 Å². The van der Waals surface area contributed by atoms with E-state index in [0.29, 0.717) is 26.3 Å². The predicted octanol–water partition coefficient (Wildman–Crippen LogP) is 2.74. The number of hydrogen-bond donors (Lipinski definition) is 1. The summed E-state index contributed by atoms with van der Waals surface area (Å²) in [5.74, 6) is 0.143. The van der Waals surface area contributed by atoms with E-state index in [9.17, 15) is 9.59 Å². The van der Waals surface area contributed by atoms with Crippen molar-refractivity contribution in [2.24, 2.45) is 21.7 Å². The van der Waals surface area contributed by atoms with Crippen LogP contribution in [0.5, 0.6) is 0 Å². The number of nitrogens with one attached hydrogen (secondary N) is 1. The van der Waals surface area contributed by atoms with Gasteiger partial charge in [-0.05, 0) is 61.7 Å². The van der Waals surface area contributed by atoms with E-state index in [2.05, 4.69) is 26.1 Å². The molecule has 4 saturated carbocycles. The number of morpholine rings is 1. The summed E-state index contributed by atoms with van der Waals surface area (Å²) in [6, 6.07) is -0.456. The molecule has 1 N–H and O–H groups in total. The number of hydrogen-bond acceptors (Lipinski definition) is 3. The molecule has 4 aliphatic carbocycles. The van der Waals surface area contributed by atoms with Crippen LogP contribution in [0.25, 0.3) is 0 Å². The van der Waals surface area contributed by atoms with Crippen LogP contribution in [0.3, 0.4) is 0 Å². The maximum Gasteiger partial charge on any atom is 0.245 e. The van der Waals surface area contributed by atoms with Gasteiger partial charge in [0.25, 0.3) is 0 Å². The van der Waals surface area contributed by atoms with Crippen molar-refractivity contribution in [1.82, 2.24) is 10.2 Å². The largest absolute Gasteiger partial charge is 0.378 e. The molecule has 1 atom stereocenters. The number of carbonyl (C=O) groups is 2. The second-order valence-electron chi connectivity index (χ2n) is 10.9. The Bertz CT molecular complexity index is 571. The quantitative estimate of drug-likeness (QED) is 0.840. The van der Waals surface area contributed by atoms with E-state index in [1.54, 1.807) is 0 Å². The smallest absolute Gasteiger partial charge is 0.245 e. The Morgan fingerprint density at radius 2 is 1.35 bits per heavy atom. The zero-order chi connectivity index (χ0) is 18.8. The summed E-state index contributed by atoms with van der Waals surface area (Å²) in [6.07, 6.45) is 6.67. The second kappa shape index (κ2) is 5.70. The highest BCUT2D eigenvalue weighted by atomic mass is 16.5. The van der Waals surface area contributed by atoms with E-state index in [1.165, 1.54) is 19.3 Å². The molecule has 0 aromatic rings. The molecule has 0 aromatic heterocycles. The Morgan fingerprint density at radius 1 is 0.885 bits per heavy atom. The molecule has 0 radical (unpaired) electrons. The predicted molar refractivity (Wildman–Crippen MR) is 99.5 cm³/mol. The molecule has 1 saturated heterocycles. The molecule has 146 valence electrons. The van der Waals surface area contributed by atoms with Crippen molar-refractivity contribution in [2.45, 2.75) is 72.3 Å². The normalized spacial score (nSPS) is 45.5. The maximum absolute atomic E-state index is 13.4.